The molecule has 2 rings (SSSR count). The van der Waals surface area contributed by atoms with E-state index in [0.29, 0.717) is 15.8 Å². The van der Waals surface area contributed by atoms with Gasteiger partial charge in [0.2, 0.25) is 11.8 Å². The molecule has 0 bridgehead atoms. The second-order valence-corrected chi connectivity index (χ2v) is 7.76. The van der Waals surface area contributed by atoms with Gasteiger partial charge in [0.25, 0.3) is 5.91 Å². The van der Waals surface area contributed by atoms with Crippen molar-refractivity contribution in [2.75, 3.05) is 6.54 Å². The topological polar surface area (TPSA) is 66.5 Å². The first-order chi connectivity index (χ1) is 8.93. The van der Waals surface area contributed by atoms with Gasteiger partial charge < -0.3 is 4.90 Å². The molecule has 1 N–H and O–H groups in total. The molecule has 3 amide bonds. The van der Waals surface area contributed by atoms with Gasteiger partial charge in [0.05, 0.1) is 13.1 Å². The van der Waals surface area contributed by atoms with Crippen LogP contribution in [0.4, 0.5) is 0 Å². The van der Waals surface area contributed by atoms with Crippen molar-refractivity contribution in [2.24, 2.45) is 0 Å². The van der Waals surface area contributed by atoms with Crippen molar-refractivity contribution < 1.29 is 14.4 Å². The smallest absolute Gasteiger partial charge is 0.257 e. The number of imide groups is 1. The zero-order valence-corrected chi connectivity index (χ0v) is 13.9. The molecule has 19 heavy (non-hydrogen) atoms. The summed E-state index contributed by atoms with van der Waals surface area (Å²) in [6.45, 7) is 1.71. The third kappa shape index (κ3) is 2.90. The fraction of sp³-hybridized carbons (Fsp3) is 0.364. The summed E-state index contributed by atoms with van der Waals surface area (Å²) < 4.78 is 1.49. The largest absolute Gasteiger partial charge is 0.317 e. The molecule has 1 aliphatic heterocycles. The van der Waals surface area contributed by atoms with E-state index < -0.39 is 17.9 Å². The summed E-state index contributed by atoms with van der Waals surface area (Å²) in [6.07, 6.45) is 0.466. The lowest BCUT2D eigenvalue weighted by molar-refractivity contribution is -0.138. The molecule has 5 nitrogen and oxygen atoms in total. The number of carbonyl (C=O) groups is 3. The number of carbonyl (C=O) groups excluding carboxylic acids is 3. The highest BCUT2D eigenvalue weighted by atomic mass is 79.9. The Balaban J connectivity index is 2.32. The summed E-state index contributed by atoms with van der Waals surface area (Å²) in [4.78, 5) is 36.9. The highest BCUT2D eigenvalue weighted by molar-refractivity contribution is 9.12. The van der Waals surface area contributed by atoms with E-state index >= 15 is 0 Å². The Labute approximate surface area is 130 Å². The monoisotopic (exact) mass is 408 g/mol. The van der Waals surface area contributed by atoms with Crippen LogP contribution in [-0.2, 0) is 9.59 Å². The molecule has 1 saturated heterocycles. The first-order valence-electron chi connectivity index (χ1n) is 5.53. The van der Waals surface area contributed by atoms with Crippen LogP contribution in [0.2, 0.25) is 0 Å². The van der Waals surface area contributed by atoms with Crippen LogP contribution in [0.15, 0.2) is 13.6 Å². The fourth-order valence-corrected chi connectivity index (χ4v) is 4.70. The number of piperazine rings is 1. The summed E-state index contributed by atoms with van der Waals surface area (Å²) in [5.41, 5.74) is 0.456. The molecule has 1 aliphatic rings. The predicted octanol–water partition coefficient (Wildman–Crippen LogP) is 2.15. The molecule has 1 aromatic rings. The molecular weight excluding hydrogens is 400 g/mol. The molecular formula is C11H10Br2N2O3S. The quantitative estimate of drug-likeness (QED) is 0.761. The van der Waals surface area contributed by atoms with Crippen molar-refractivity contribution in [3.05, 3.63) is 19.2 Å². The van der Waals surface area contributed by atoms with E-state index in [9.17, 15) is 14.4 Å². The van der Waals surface area contributed by atoms with Crippen molar-refractivity contribution in [3.8, 4) is 0 Å². The van der Waals surface area contributed by atoms with Gasteiger partial charge in [-0.3, -0.25) is 19.7 Å². The molecule has 0 aromatic carbocycles. The summed E-state index contributed by atoms with van der Waals surface area (Å²) in [6, 6.07) is 1.08. The lowest BCUT2D eigenvalue weighted by atomic mass is 10.1. The normalized spacial score (nSPS) is 19.5. The first-order valence-corrected chi connectivity index (χ1v) is 7.93. The third-order valence-electron chi connectivity index (χ3n) is 2.79. The molecule has 1 fully saturated rings. The standard InChI is InChI=1S/C11H10Br2N2O3S/c1-2-6-10(17)14-8(16)4-15(6)11(18)5-3-7(12)19-9(5)13/h3,6H,2,4H2,1H3,(H,14,16,17). The number of nitrogens with zero attached hydrogens (tertiary/aromatic N) is 1. The minimum atomic E-state index is -0.601. The van der Waals surface area contributed by atoms with E-state index in [4.69, 9.17) is 0 Å². The number of halogens is 2. The maximum absolute atomic E-state index is 12.4. The first kappa shape index (κ1) is 14.7. The van der Waals surface area contributed by atoms with E-state index in [0.717, 1.165) is 3.79 Å². The number of rotatable bonds is 2. The van der Waals surface area contributed by atoms with Gasteiger partial charge in [0, 0.05) is 0 Å². The minimum Gasteiger partial charge on any atom is -0.317 e. The highest BCUT2D eigenvalue weighted by Crippen LogP contribution is 2.33. The van der Waals surface area contributed by atoms with Crippen LogP contribution >= 0.6 is 43.2 Å². The average Bonchev–Trinajstić information content (AvgIpc) is 2.66. The fourth-order valence-electron chi connectivity index (χ4n) is 1.93. The summed E-state index contributed by atoms with van der Waals surface area (Å²) in [5, 5.41) is 2.25. The minimum absolute atomic E-state index is 0.0943. The number of hydrogen-bond donors (Lipinski definition) is 1. The van der Waals surface area contributed by atoms with Crippen molar-refractivity contribution in [1.29, 1.82) is 0 Å². The van der Waals surface area contributed by atoms with Crippen molar-refractivity contribution in [2.45, 2.75) is 19.4 Å². The molecule has 0 saturated carbocycles. The van der Waals surface area contributed by atoms with Gasteiger partial charge in [-0.25, -0.2) is 0 Å². The molecule has 0 aliphatic carbocycles. The van der Waals surface area contributed by atoms with Crippen molar-refractivity contribution >= 4 is 60.9 Å². The van der Waals surface area contributed by atoms with E-state index in [2.05, 4.69) is 37.2 Å². The van der Waals surface area contributed by atoms with Gasteiger partial charge in [0.1, 0.15) is 12.6 Å². The Morgan fingerprint density at radius 3 is 2.74 bits per heavy atom. The van der Waals surface area contributed by atoms with Gasteiger partial charge in [-0.05, 0) is 44.3 Å². The second-order valence-electron chi connectivity index (χ2n) is 4.01. The number of thiophene rings is 1. The van der Waals surface area contributed by atoms with Crippen molar-refractivity contribution in [3.63, 3.8) is 0 Å². The highest BCUT2D eigenvalue weighted by Gasteiger charge is 2.36. The maximum Gasteiger partial charge on any atom is 0.257 e. The van der Waals surface area contributed by atoms with E-state index in [-0.39, 0.29) is 12.5 Å². The molecule has 1 aromatic heterocycles. The zero-order valence-electron chi connectivity index (χ0n) is 9.91. The van der Waals surface area contributed by atoms with Crippen LogP contribution in [-0.4, -0.2) is 35.2 Å². The van der Waals surface area contributed by atoms with Crippen LogP contribution in [0.5, 0.6) is 0 Å². The van der Waals surface area contributed by atoms with Crippen molar-refractivity contribution in [1.82, 2.24) is 10.2 Å². The maximum atomic E-state index is 12.4. The van der Waals surface area contributed by atoms with E-state index in [1.54, 1.807) is 13.0 Å². The van der Waals surface area contributed by atoms with Gasteiger partial charge >= 0.3 is 0 Å². The average molecular weight is 410 g/mol. The molecule has 2 heterocycles. The molecule has 1 atom stereocenters. The lowest BCUT2D eigenvalue weighted by Gasteiger charge is -2.33. The second kappa shape index (κ2) is 5.72. The molecule has 8 heteroatoms. The Hall–Kier alpha value is -0.730. The SMILES string of the molecule is CCC1C(=O)NC(=O)CN1C(=O)c1cc(Br)sc1Br. The summed E-state index contributed by atoms with van der Waals surface area (Å²) >= 11 is 7.99. The Morgan fingerprint density at radius 1 is 1.53 bits per heavy atom. The van der Waals surface area contributed by atoms with Gasteiger partial charge in [-0.2, -0.15) is 0 Å². The third-order valence-corrected chi connectivity index (χ3v) is 5.13. The number of nitrogens with one attached hydrogen (secondary N) is 1. The van der Waals surface area contributed by atoms with Gasteiger partial charge in [-0.15, -0.1) is 11.3 Å². The summed E-state index contributed by atoms with van der Waals surface area (Å²) in [7, 11) is 0. The summed E-state index contributed by atoms with van der Waals surface area (Å²) in [5.74, 6) is -1.19. The molecule has 102 valence electrons. The Kier molecular flexibility index (Phi) is 4.42. The Bertz CT molecular complexity index is 558. The van der Waals surface area contributed by atoms with Crippen LogP contribution < -0.4 is 5.32 Å². The van der Waals surface area contributed by atoms with Crippen LogP contribution in [0.25, 0.3) is 0 Å². The lowest BCUT2D eigenvalue weighted by Crippen LogP contribution is -2.59. The molecule has 0 radical (unpaired) electrons. The van der Waals surface area contributed by atoms with Crippen LogP contribution in [0.1, 0.15) is 23.7 Å². The van der Waals surface area contributed by atoms with Crippen LogP contribution in [0, 0.1) is 0 Å². The van der Waals surface area contributed by atoms with Gasteiger partial charge in [0.15, 0.2) is 0 Å². The number of hydrogen-bond acceptors (Lipinski definition) is 4. The molecule has 1 unspecified atom stereocenters. The van der Waals surface area contributed by atoms with Crippen LogP contribution in [0.3, 0.4) is 0 Å². The van der Waals surface area contributed by atoms with Gasteiger partial charge in [-0.1, -0.05) is 6.92 Å². The Morgan fingerprint density at radius 2 is 2.21 bits per heavy atom. The molecule has 0 spiro atoms. The van der Waals surface area contributed by atoms with E-state index in [1.165, 1.54) is 16.2 Å². The zero-order chi connectivity index (χ0) is 14.2. The van der Waals surface area contributed by atoms with E-state index in [1.807, 2.05) is 0 Å². The predicted molar refractivity (Wildman–Crippen MR) is 78.0 cm³/mol. The number of amides is 3.